The highest BCUT2D eigenvalue weighted by molar-refractivity contribution is 7.67. The highest BCUT2D eigenvalue weighted by Gasteiger charge is 2.40. The summed E-state index contributed by atoms with van der Waals surface area (Å²) in [6.45, 7) is 2.21. The summed E-state index contributed by atoms with van der Waals surface area (Å²) in [5.41, 5.74) is 3.58. The topological polar surface area (TPSA) is 0 Å². The Bertz CT molecular complexity index is 440. The van der Waals surface area contributed by atoms with E-state index >= 15 is 0 Å². The third-order valence-corrected chi connectivity index (χ3v) is 8.89. The van der Waals surface area contributed by atoms with E-state index in [0.29, 0.717) is 0 Å². The largest absolute Gasteiger partial charge is 0.673 e. The van der Waals surface area contributed by atoms with Crippen molar-refractivity contribution < 1.29 is 17.3 Å². The molecule has 0 nitrogen and oxygen atoms in total. The van der Waals surface area contributed by atoms with Crippen molar-refractivity contribution in [2.24, 2.45) is 0 Å². The van der Waals surface area contributed by atoms with Crippen LogP contribution in [0, 0.1) is 6.92 Å². The van der Waals surface area contributed by atoms with Crippen molar-refractivity contribution in [2.45, 2.75) is 69.6 Å². The molecule has 130 valence electrons. The van der Waals surface area contributed by atoms with E-state index < -0.39 is 7.25 Å². The highest BCUT2D eigenvalue weighted by atomic mass is 31.1. The van der Waals surface area contributed by atoms with Crippen LogP contribution in [0.3, 0.4) is 0 Å². The summed E-state index contributed by atoms with van der Waals surface area (Å²) in [7, 11) is -6.29. The van der Waals surface area contributed by atoms with Gasteiger partial charge in [-0.25, -0.2) is 0 Å². The van der Waals surface area contributed by atoms with Gasteiger partial charge in [0.1, 0.15) is 0 Å². The van der Waals surface area contributed by atoms with E-state index in [1.807, 2.05) is 0 Å². The molecule has 1 aromatic rings. The van der Waals surface area contributed by atoms with E-state index in [0.717, 1.165) is 11.3 Å². The van der Waals surface area contributed by atoms with Crippen LogP contribution in [-0.4, -0.2) is 18.6 Å². The minimum atomic E-state index is -6.00. The fraction of sp³-hybridized carbons (Fsp3) is 0.647. The lowest BCUT2D eigenvalue weighted by molar-refractivity contribution is 0.368. The summed E-state index contributed by atoms with van der Waals surface area (Å²) >= 11 is 0. The first-order chi connectivity index (χ1) is 10.8. The molecule has 2 saturated carbocycles. The van der Waals surface area contributed by atoms with Gasteiger partial charge in [-0.2, -0.15) is 0 Å². The van der Waals surface area contributed by atoms with Gasteiger partial charge in [-0.05, 0) is 70.4 Å². The van der Waals surface area contributed by atoms with E-state index in [-0.39, 0.29) is 7.92 Å². The van der Waals surface area contributed by atoms with Crippen molar-refractivity contribution >= 4 is 20.5 Å². The van der Waals surface area contributed by atoms with Crippen LogP contribution in [0.25, 0.3) is 0 Å². The lowest BCUT2D eigenvalue weighted by Gasteiger charge is -2.22. The quantitative estimate of drug-likeness (QED) is 0.356. The summed E-state index contributed by atoms with van der Waals surface area (Å²) in [5, 5.41) is 1.74. The maximum Gasteiger partial charge on any atom is 0.673 e. The molecule has 0 heterocycles. The number of halogens is 4. The standard InChI is InChI=1S/C17H25P.BF4/c1-14-10-12-17(13-11-14)18(15-6-2-3-7-15)16-8-4-5-9-16;2-1(3,4)5/h10-13,15-16H,2-9H2,1H3;/q;-1/p+1. The van der Waals surface area contributed by atoms with Crippen molar-refractivity contribution in [3.05, 3.63) is 29.8 Å². The lowest BCUT2D eigenvalue weighted by Crippen LogP contribution is -2.19. The Labute approximate surface area is 137 Å². The average Bonchev–Trinajstić information content (AvgIpc) is 3.13. The Hall–Kier alpha value is -0.565. The molecule has 0 bridgehead atoms. The zero-order valence-corrected chi connectivity index (χ0v) is 14.7. The Morgan fingerprint density at radius 3 is 1.48 bits per heavy atom. The van der Waals surface area contributed by atoms with Crippen LogP contribution in [-0.2, 0) is 0 Å². The molecule has 1 aromatic carbocycles. The number of hydrogen-bond donors (Lipinski definition) is 0. The second-order valence-corrected chi connectivity index (χ2v) is 9.90. The van der Waals surface area contributed by atoms with Gasteiger partial charge >= 0.3 is 7.25 Å². The van der Waals surface area contributed by atoms with Crippen LogP contribution in [0.1, 0.15) is 56.9 Å². The van der Waals surface area contributed by atoms with Gasteiger partial charge in [-0.15, -0.1) is 0 Å². The van der Waals surface area contributed by atoms with Crippen LogP contribution < -0.4 is 5.30 Å². The molecule has 0 atom stereocenters. The Kier molecular flexibility index (Phi) is 6.94. The van der Waals surface area contributed by atoms with Gasteiger partial charge in [0.15, 0.2) is 0 Å². The number of benzene rings is 1. The molecule has 0 saturated heterocycles. The first-order valence-electron chi connectivity index (χ1n) is 8.65. The van der Waals surface area contributed by atoms with E-state index in [1.165, 1.54) is 56.9 Å². The van der Waals surface area contributed by atoms with Crippen molar-refractivity contribution in [1.29, 1.82) is 0 Å². The molecular weight excluding hydrogens is 322 g/mol. The predicted molar refractivity (Wildman–Crippen MR) is 93.8 cm³/mol. The molecule has 3 rings (SSSR count). The SMILES string of the molecule is Cc1ccc([PH+](C2CCCC2)C2CCCC2)cc1.F[B-](F)(F)F. The average molecular weight is 348 g/mol. The zero-order chi connectivity index (χ0) is 16.9. The van der Waals surface area contributed by atoms with Crippen LogP contribution >= 0.6 is 7.92 Å². The lowest BCUT2D eigenvalue weighted by atomic mass is 10.2. The molecule has 0 radical (unpaired) electrons. The van der Waals surface area contributed by atoms with E-state index in [9.17, 15) is 17.3 Å². The van der Waals surface area contributed by atoms with E-state index in [2.05, 4.69) is 31.2 Å². The van der Waals surface area contributed by atoms with Crippen LogP contribution in [0.4, 0.5) is 17.3 Å². The first-order valence-corrected chi connectivity index (χ1v) is 10.3. The van der Waals surface area contributed by atoms with Gasteiger partial charge in [-0.1, -0.05) is 17.7 Å². The smallest absolute Gasteiger partial charge is 0.418 e. The minimum absolute atomic E-state index is 0.294. The monoisotopic (exact) mass is 348 g/mol. The molecule has 0 amide bonds. The minimum Gasteiger partial charge on any atom is -0.418 e. The second-order valence-electron chi connectivity index (χ2n) is 6.78. The molecule has 0 aliphatic heterocycles. The fourth-order valence-corrected chi connectivity index (χ4v) is 8.25. The summed E-state index contributed by atoms with van der Waals surface area (Å²) in [5.74, 6) is 0. The third kappa shape index (κ3) is 6.45. The van der Waals surface area contributed by atoms with Crippen LogP contribution in [0.5, 0.6) is 0 Å². The summed E-state index contributed by atoms with van der Waals surface area (Å²) in [4.78, 5) is 0. The maximum atomic E-state index is 9.75. The zero-order valence-electron chi connectivity index (χ0n) is 13.7. The van der Waals surface area contributed by atoms with Crippen molar-refractivity contribution in [1.82, 2.24) is 0 Å². The van der Waals surface area contributed by atoms with Gasteiger partial charge in [0, 0.05) is 7.92 Å². The van der Waals surface area contributed by atoms with Gasteiger partial charge < -0.3 is 17.3 Å². The molecule has 6 heteroatoms. The van der Waals surface area contributed by atoms with E-state index in [4.69, 9.17) is 0 Å². The van der Waals surface area contributed by atoms with E-state index in [1.54, 1.807) is 5.30 Å². The normalized spacial score (nSPS) is 19.9. The van der Waals surface area contributed by atoms with Crippen LogP contribution in [0.2, 0.25) is 0 Å². The molecular formula is C17H26BF4P. The summed E-state index contributed by atoms with van der Waals surface area (Å²) < 4.78 is 39.0. The van der Waals surface area contributed by atoms with Crippen molar-refractivity contribution in [2.75, 3.05) is 0 Å². The van der Waals surface area contributed by atoms with Gasteiger partial charge in [-0.3, -0.25) is 0 Å². The van der Waals surface area contributed by atoms with Gasteiger partial charge in [0.05, 0.1) is 16.6 Å². The Morgan fingerprint density at radius 2 is 1.13 bits per heavy atom. The number of aryl methyl sites for hydroxylation is 1. The molecule has 0 aromatic heterocycles. The molecule has 0 unspecified atom stereocenters. The molecule has 2 aliphatic carbocycles. The molecule has 23 heavy (non-hydrogen) atoms. The summed E-state index contributed by atoms with van der Waals surface area (Å²) in [6.07, 6.45) is 12.1. The van der Waals surface area contributed by atoms with Crippen molar-refractivity contribution in [3.8, 4) is 0 Å². The molecule has 2 fully saturated rings. The van der Waals surface area contributed by atoms with Crippen molar-refractivity contribution in [3.63, 3.8) is 0 Å². The first kappa shape index (κ1) is 18.8. The highest BCUT2D eigenvalue weighted by Crippen LogP contribution is 2.56. The summed E-state index contributed by atoms with van der Waals surface area (Å²) in [6, 6.07) is 9.59. The Balaban J connectivity index is 0.000000338. The number of hydrogen-bond acceptors (Lipinski definition) is 0. The Morgan fingerprint density at radius 1 is 0.783 bits per heavy atom. The molecule has 2 aliphatic rings. The fourth-order valence-electron chi connectivity index (χ4n) is 4.02. The maximum absolute atomic E-state index is 9.75. The van der Waals surface area contributed by atoms with Gasteiger partial charge in [0.2, 0.25) is 0 Å². The third-order valence-electron chi connectivity index (χ3n) is 4.97. The molecule has 0 N–H and O–H groups in total. The predicted octanol–water partition coefficient (Wildman–Crippen LogP) is 6.02. The van der Waals surface area contributed by atoms with Gasteiger partial charge in [0.25, 0.3) is 0 Å². The van der Waals surface area contributed by atoms with Crippen LogP contribution in [0.15, 0.2) is 24.3 Å². The second kappa shape index (κ2) is 8.51. The molecule has 0 spiro atoms. The number of rotatable bonds is 3.